The number of likely N-dealkylation sites (tertiary alicyclic amines) is 1. The van der Waals surface area contributed by atoms with Crippen molar-refractivity contribution >= 4 is 5.91 Å². The molecule has 1 spiro atoms. The van der Waals surface area contributed by atoms with E-state index in [1.54, 1.807) is 6.07 Å². The maximum atomic E-state index is 12.7. The normalized spacial score (nSPS) is 29.2. The number of aliphatic hydroxyl groups excluding tert-OH is 1. The fraction of sp³-hybridized carbons (Fsp3) is 0.800. The monoisotopic (exact) mass is 362 g/mol. The van der Waals surface area contributed by atoms with Gasteiger partial charge >= 0.3 is 0 Å². The van der Waals surface area contributed by atoms with Crippen molar-refractivity contribution in [3.63, 3.8) is 0 Å². The maximum absolute atomic E-state index is 12.7. The first-order chi connectivity index (χ1) is 12.3. The lowest BCUT2D eigenvalue weighted by Crippen LogP contribution is -2.55. The van der Waals surface area contributed by atoms with Crippen molar-refractivity contribution in [2.45, 2.75) is 83.0 Å². The Morgan fingerprint density at radius 1 is 1.31 bits per heavy atom. The van der Waals surface area contributed by atoms with Gasteiger partial charge in [-0.1, -0.05) is 25.9 Å². The number of piperidine rings is 1. The van der Waals surface area contributed by atoms with E-state index in [9.17, 15) is 9.90 Å². The molecule has 0 aromatic carbocycles. The number of rotatable bonds is 2. The molecule has 0 unspecified atom stereocenters. The quantitative estimate of drug-likeness (QED) is 0.875. The first kappa shape index (κ1) is 18.0. The number of carbonyl (C=O) groups is 1. The van der Waals surface area contributed by atoms with Gasteiger partial charge in [-0.25, -0.2) is 0 Å². The fourth-order valence-corrected chi connectivity index (χ4v) is 4.24. The average molecular weight is 362 g/mol. The molecule has 2 saturated heterocycles. The van der Waals surface area contributed by atoms with E-state index in [4.69, 9.17) is 9.26 Å². The molecule has 26 heavy (non-hydrogen) atoms. The molecule has 0 radical (unpaired) electrons. The Bertz CT molecular complexity index is 666. The van der Waals surface area contributed by atoms with Crippen LogP contribution in [0.2, 0.25) is 0 Å². The van der Waals surface area contributed by atoms with Crippen molar-refractivity contribution in [1.82, 2.24) is 10.1 Å². The molecule has 144 valence electrons. The van der Waals surface area contributed by atoms with Crippen LogP contribution in [0, 0.1) is 5.41 Å². The standard InChI is InChI=1S/C20H30N2O4/c1-19(2,3)17-10-14(23)12-20(25-17)6-8-22(9-7-20)18(24)16-11-15(21-26-16)13-4-5-13/h11,13-14,17,23H,4-10,12H2,1-3H3/t14-,17-/m1/s1. The molecule has 1 aliphatic carbocycles. The van der Waals surface area contributed by atoms with E-state index >= 15 is 0 Å². The predicted octanol–water partition coefficient (Wildman–Crippen LogP) is 3.11. The van der Waals surface area contributed by atoms with Gasteiger partial charge in [0.1, 0.15) is 0 Å². The van der Waals surface area contributed by atoms with Crippen molar-refractivity contribution in [3.8, 4) is 0 Å². The second-order valence-electron chi connectivity index (χ2n) is 9.43. The first-order valence-corrected chi connectivity index (χ1v) is 9.88. The van der Waals surface area contributed by atoms with E-state index < -0.39 is 0 Å². The zero-order chi connectivity index (χ0) is 18.5. The minimum Gasteiger partial charge on any atom is -0.393 e. The summed E-state index contributed by atoms with van der Waals surface area (Å²) < 4.78 is 11.8. The Morgan fingerprint density at radius 3 is 2.62 bits per heavy atom. The number of hydrogen-bond donors (Lipinski definition) is 1. The third-order valence-electron chi connectivity index (χ3n) is 6.15. The number of aliphatic hydroxyl groups is 1. The van der Waals surface area contributed by atoms with Crippen LogP contribution in [0.15, 0.2) is 10.6 Å². The molecular weight excluding hydrogens is 332 g/mol. The highest BCUT2D eigenvalue weighted by Gasteiger charge is 2.46. The molecule has 1 saturated carbocycles. The Balaban J connectivity index is 1.40. The van der Waals surface area contributed by atoms with Crippen LogP contribution in [0.1, 0.15) is 81.5 Å². The van der Waals surface area contributed by atoms with Gasteiger partial charge in [-0.15, -0.1) is 0 Å². The molecule has 6 heteroatoms. The van der Waals surface area contributed by atoms with Crippen LogP contribution in [0.3, 0.4) is 0 Å². The van der Waals surface area contributed by atoms with Crippen LogP contribution in [-0.4, -0.2) is 52.0 Å². The molecule has 4 rings (SSSR count). The van der Waals surface area contributed by atoms with Gasteiger partial charge < -0.3 is 19.3 Å². The van der Waals surface area contributed by atoms with E-state index in [2.05, 4.69) is 25.9 Å². The number of amides is 1. The van der Waals surface area contributed by atoms with Crippen LogP contribution >= 0.6 is 0 Å². The minimum atomic E-state index is -0.328. The lowest BCUT2D eigenvalue weighted by molar-refractivity contribution is -0.205. The summed E-state index contributed by atoms with van der Waals surface area (Å²) in [5, 5.41) is 14.4. The number of carbonyl (C=O) groups excluding carboxylic acids is 1. The Hall–Kier alpha value is -1.40. The highest BCUT2D eigenvalue weighted by atomic mass is 16.5. The molecule has 3 fully saturated rings. The van der Waals surface area contributed by atoms with Crippen LogP contribution in [0.4, 0.5) is 0 Å². The minimum absolute atomic E-state index is 0.000400. The molecule has 1 aromatic rings. The molecule has 3 aliphatic rings. The number of ether oxygens (including phenoxy) is 1. The first-order valence-electron chi connectivity index (χ1n) is 9.88. The molecule has 2 aliphatic heterocycles. The van der Waals surface area contributed by atoms with Gasteiger partial charge in [0, 0.05) is 37.9 Å². The Kier molecular flexibility index (Phi) is 4.39. The summed E-state index contributed by atoms with van der Waals surface area (Å²) in [7, 11) is 0. The summed E-state index contributed by atoms with van der Waals surface area (Å²) in [6.45, 7) is 7.72. The lowest BCUT2D eigenvalue weighted by Gasteiger charge is -2.50. The zero-order valence-corrected chi connectivity index (χ0v) is 16.0. The van der Waals surface area contributed by atoms with E-state index in [-0.39, 0.29) is 29.1 Å². The fourth-order valence-electron chi connectivity index (χ4n) is 4.24. The number of nitrogens with zero attached hydrogens (tertiary/aromatic N) is 2. The van der Waals surface area contributed by atoms with Crippen molar-refractivity contribution in [2.75, 3.05) is 13.1 Å². The van der Waals surface area contributed by atoms with Crippen molar-refractivity contribution in [2.24, 2.45) is 5.41 Å². The van der Waals surface area contributed by atoms with Crippen LogP contribution < -0.4 is 0 Å². The van der Waals surface area contributed by atoms with Crippen molar-refractivity contribution < 1.29 is 19.2 Å². The van der Waals surface area contributed by atoms with E-state index in [1.165, 1.54) is 0 Å². The summed E-state index contributed by atoms with van der Waals surface area (Å²) in [4.78, 5) is 14.5. The van der Waals surface area contributed by atoms with Gasteiger partial charge in [0.15, 0.2) is 0 Å². The highest BCUT2D eigenvalue weighted by Crippen LogP contribution is 2.43. The third-order valence-corrected chi connectivity index (χ3v) is 6.15. The van der Waals surface area contributed by atoms with Gasteiger partial charge in [-0.2, -0.15) is 0 Å². The lowest BCUT2D eigenvalue weighted by atomic mass is 9.76. The highest BCUT2D eigenvalue weighted by molar-refractivity contribution is 5.91. The molecule has 0 bridgehead atoms. The van der Waals surface area contributed by atoms with Crippen LogP contribution in [0.25, 0.3) is 0 Å². The molecule has 1 aromatic heterocycles. The smallest absolute Gasteiger partial charge is 0.292 e. The molecule has 1 N–H and O–H groups in total. The number of hydrogen-bond acceptors (Lipinski definition) is 5. The third kappa shape index (κ3) is 3.54. The second-order valence-corrected chi connectivity index (χ2v) is 9.43. The average Bonchev–Trinajstić information content (AvgIpc) is 3.31. The summed E-state index contributed by atoms with van der Waals surface area (Å²) in [6, 6.07) is 1.81. The van der Waals surface area contributed by atoms with Gasteiger partial charge in [-0.05, 0) is 31.1 Å². The van der Waals surface area contributed by atoms with E-state index in [0.29, 0.717) is 37.6 Å². The SMILES string of the molecule is CC(C)(C)[C@H]1C[C@@H](O)CC2(CCN(C(=O)c3cc(C4CC4)no3)CC2)O1. The van der Waals surface area contributed by atoms with Crippen molar-refractivity contribution in [1.29, 1.82) is 0 Å². The zero-order valence-electron chi connectivity index (χ0n) is 16.0. The van der Waals surface area contributed by atoms with E-state index in [0.717, 1.165) is 31.4 Å². The van der Waals surface area contributed by atoms with Gasteiger partial charge in [0.05, 0.1) is 23.5 Å². The molecular formula is C20H30N2O4. The summed E-state index contributed by atoms with van der Waals surface area (Å²) in [6.07, 6.45) is 4.86. The van der Waals surface area contributed by atoms with Crippen LogP contribution in [0.5, 0.6) is 0 Å². The van der Waals surface area contributed by atoms with Crippen LogP contribution in [-0.2, 0) is 4.74 Å². The maximum Gasteiger partial charge on any atom is 0.292 e. The Labute approximate surface area is 154 Å². The molecule has 3 heterocycles. The van der Waals surface area contributed by atoms with Gasteiger partial charge in [0.25, 0.3) is 5.91 Å². The summed E-state index contributed by atoms with van der Waals surface area (Å²) in [5.41, 5.74) is 0.599. The topological polar surface area (TPSA) is 75.8 Å². The second kappa shape index (κ2) is 6.34. The molecule has 6 nitrogen and oxygen atoms in total. The Morgan fingerprint density at radius 2 is 2.00 bits per heavy atom. The largest absolute Gasteiger partial charge is 0.393 e. The van der Waals surface area contributed by atoms with Gasteiger partial charge in [0.2, 0.25) is 5.76 Å². The van der Waals surface area contributed by atoms with Gasteiger partial charge in [-0.3, -0.25) is 4.79 Å². The predicted molar refractivity (Wildman–Crippen MR) is 95.9 cm³/mol. The molecule has 1 amide bonds. The van der Waals surface area contributed by atoms with Crippen molar-refractivity contribution in [3.05, 3.63) is 17.5 Å². The summed E-state index contributed by atoms with van der Waals surface area (Å²) >= 11 is 0. The summed E-state index contributed by atoms with van der Waals surface area (Å²) in [5.74, 6) is 0.749. The number of aromatic nitrogens is 1. The van der Waals surface area contributed by atoms with E-state index in [1.807, 2.05) is 4.90 Å². The molecule has 2 atom stereocenters.